The van der Waals surface area contributed by atoms with Gasteiger partial charge >= 0.3 is 0 Å². The molecular weight excluding hydrogens is 206 g/mol. The zero-order valence-electron chi connectivity index (χ0n) is 12.9. The van der Waals surface area contributed by atoms with E-state index in [1.54, 1.807) is 0 Å². The van der Waals surface area contributed by atoms with Crippen LogP contribution in [0.15, 0.2) is 0 Å². The van der Waals surface area contributed by atoms with E-state index in [2.05, 4.69) is 39.9 Å². The Kier molecular flexibility index (Phi) is 11.0. The van der Waals surface area contributed by atoms with Crippen LogP contribution in [0.1, 0.15) is 79.6 Å². The van der Waals surface area contributed by atoms with Gasteiger partial charge in [0.05, 0.1) is 0 Å². The van der Waals surface area contributed by atoms with Crippen LogP contribution in [0.3, 0.4) is 0 Å². The van der Waals surface area contributed by atoms with Crippen LogP contribution in [0.4, 0.5) is 0 Å². The zero-order valence-corrected chi connectivity index (χ0v) is 12.9. The lowest BCUT2D eigenvalue weighted by Crippen LogP contribution is -2.34. The van der Waals surface area contributed by atoms with Crippen LogP contribution >= 0.6 is 0 Å². The molecule has 0 saturated carbocycles. The average molecular weight is 241 g/mol. The van der Waals surface area contributed by atoms with Crippen LogP contribution in [0.5, 0.6) is 0 Å². The highest BCUT2D eigenvalue weighted by molar-refractivity contribution is 4.72. The Morgan fingerprint density at radius 3 is 2.06 bits per heavy atom. The van der Waals surface area contributed by atoms with E-state index in [9.17, 15) is 0 Å². The topological polar surface area (TPSA) is 12.0 Å². The number of unbranched alkanes of at least 4 members (excludes halogenated alkanes) is 1. The van der Waals surface area contributed by atoms with Crippen molar-refractivity contribution in [3.05, 3.63) is 0 Å². The highest BCUT2D eigenvalue weighted by Crippen LogP contribution is 2.21. The molecule has 0 radical (unpaired) electrons. The van der Waals surface area contributed by atoms with Crippen molar-refractivity contribution >= 4 is 0 Å². The van der Waals surface area contributed by atoms with E-state index in [0.717, 1.165) is 17.9 Å². The van der Waals surface area contributed by atoms with E-state index < -0.39 is 0 Å². The first-order valence-corrected chi connectivity index (χ1v) is 7.88. The fourth-order valence-corrected chi connectivity index (χ4v) is 2.46. The Morgan fingerprint density at radius 2 is 1.59 bits per heavy atom. The van der Waals surface area contributed by atoms with Crippen molar-refractivity contribution in [3.8, 4) is 0 Å². The molecule has 2 unspecified atom stereocenters. The first-order valence-electron chi connectivity index (χ1n) is 7.88. The molecule has 104 valence electrons. The Morgan fingerprint density at radius 1 is 0.882 bits per heavy atom. The minimum absolute atomic E-state index is 0.727. The molecule has 1 nitrogen and oxygen atoms in total. The van der Waals surface area contributed by atoms with Crippen LogP contribution in [-0.4, -0.2) is 12.6 Å². The summed E-state index contributed by atoms with van der Waals surface area (Å²) in [4.78, 5) is 0. The van der Waals surface area contributed by atoms with E-state index in [1.165, 1.54) is 51.5 Å². The summed E-state index contributed by atoms with van der Waals surface area (Å²) in [6.45, 7) is 12.8. The van der Waals surface area contributed by atoms with Crippen molar-refractivity contribution < 1.29 is 0 Å². The molecule has 1 N–H and O–H groups in total. The third-order valence-electron chi connectivity index (χ3n) is 3.89. The van der Waals surface area contributed by atoms with Gasteiger partial charge in [0.2, 0.25) is 0 Å². The predicted molar refractivity (Wildman–Crippen MR) is 79.5 cm³/mol. The summed E-state index contributed by atoms with van der Waals surface area (Å²) in [7, 11) is 0. The average Bonchev–Trinajstić information content (AvgIpc) is 2.32. The highest BCUT2D eigenvalue weighted by Gasteiger charge is 2.14. The smallest absolute Gasteiger partial charge is 0.00901 e. The molecule has 0 bridgehead atoms. The second kappa shape index (κ2) is 11.1. The molecule has 0 fully saturated rings. The maximum Gasteiger partial charge on any atom is 0.00901 e. The lowest BCUT2D eigenvalue weighted by Gasteiger charge is -2.24. The van der Waals surface area contributed by atoms with Crippen molar-refractivity contribution in [1.29, 1.82) is 0 Å². The Balaban J connectivity index is 3.90. The molecule has 0 rings (SSSR count). The maximum absolute atomic E-state index is 3.70. The van der Waals surface area contributed by atoms with Gasteiger partial charge in [-0.05, 0) is 37.6 Å². The third-order valence-corrected chi connectivity index (χ3v) is 3.89. The van der Waals surface area contributed by atoms with Gasteiger partial charge in [-0.1, -0.05) is 60.3 Å². The van der Waals surface area contributed by atoms with E-state index in [0.29, 0.717) is 0 Å². The van der Waals surface area contributed by atoms with E-state index in [-0.39, 0.29) is 0 Å². The zero-order chi connectivity index (χ0) is 13.1. The summed E-state index contributed by atoms with van der Waals surface area (Å²) in [6, 6.07) is 0.727. The molecule has 0 aliphatic rings. The monoisotopic (exact) mass is 241 g/mol. The Labute approximate surface area is 110 Å². The lowest BCUT2D eigenvalue weighted by atomic mass is 9.89. The van der Waals surface area contributed by atoms with E-state index in [1.807, 2.05) is 0 Å². The van der Waals surface area contributed by atoms with Crippen LogP contribution in [0.2, 0.25) is 0 Å². The van der Waals surface area contributed by atoms with Gasteiger partial charge in [0.15, 0.2) is 0 Å². The second-order valence-corrected chi connectivity index (χ2v) is 5.80. The largest absolute Gasteiger partial charge is 0.314 e. The predicted octanol–water partition coefficient (Wildman–Crippen LogP) is 5.01. The van der Waals surface area contributed by atoms with Crippen molar-refractivity contribution in [2.45, 2.75) is 85.6 Å². The second-order valence-electron chi connectivity index (χ2n) is 5.80. The van der Waals surface area contributed by atoms with Crippen LogP contribution in [0, 0.1) is 11.8 Å². The van der Waals surface area contributed by atoms with Gasteiger partial charge in [0.1, 0.15) is 0 Å². The fourth-order valence-electron chi connectivity index (χ4n) is 2.46. The molecule has 0 saturated heterocycles. The number of rotatable bonds is 11. The molecular formula is C16H35N. The summed E-state index contributed by atoms with van der Waals surface area (Å²) in [5, 5.41) is 3.70. The van der Waals surface area contributed by atoms with Gasteiger partial charge in [0.25, 0.3) is 0 Å². The quantitative estimate of drug-likeness (QED) is 0.536. The van der Waals surface area contributed by atoms with E-state index in [4.69, 9.17) is 0 Å². The molecule has 0 aromatic heterocycles. The molecule has 0 aromatic carbocycles. The minimum Gasteiger partial charge on any atom is -0.314 e. The van der Waals surface area contributed by atoms with Gasteiger partial charge in [-0.2, -0.15) is 0 Å². The van der Waals surface area contributed by atoms with Crippen molar-refractivity contribution in [2.75, 3.05) is 6.54 Å². The third kappa shape index (κ3) is 8.65. The molecule has 0 aliphatic carbocycles. The number of hydrogen-bond donors (Lipinski definition) is 1. The van der Waals surface area contributed by atoms with Crippen LogP contribution in [-0.2, 0) is 0 Å². The standard InChI is InChI=1S/C16H35N/c1-6-9-10-15(8-3)11-12-16(14(4)5)17-13-7-2/h14-17H,6-13H2,1-5H3. The summed E-state index contributed by atoms with van der Waals surface area (Å²) in [6.07, 6.45) is 9.57. The molecule has 2 atom stereocenters. The Hall–Kier alpha value is -0.0400. The SMILES string of the molecule is CCCCC(CC)CCC(NCCC)C(C)C. The van der Waals surface area contributed by atoms with E-state index >= 15 is 0 Å². The van der Waals surface area contributed by atoms with Crippen LogP contribution < -0.4 is 5.32 Å². The Bertz CT molecular complexity index is 154. The lowest BCUT2D eigenvalue weighted by molar-refractivity contribution is 0.323. The fraction of sp³-hybridized carbons (Fsp3) is 1.00. The minimum atomic E-state index is 0.727. The van der Waals surface area contributed by atoms with Crippen molar-refractivity contribution in [1.82, 2.24) is 5.32 Å². The first-order chi connectivity index (χ1) is 8.15. The molecule has 1 heteroatoms. The first kappa shape index (κ1) is 17.0. The van der Waals surface area contributed by atoms with Crippen molar-refractivity contribution in [3.63, 3.8) is 0 Å². The molecule has 0 amide bonds. The van der Waals surface area contributed by atoms with Crippen molar-refractivity contribution in [2.24, 2.45) is 11.8 Å². The maximum atomic E-state index is 3.70. The van der Waals surface area contributed by atoms with Gasteiger partial charge < -0.3 is 5.32 Å². The molecule has 0 aliphatic heterocycles. The summed E-state index contributed by atoms with van der Waals surface area (Å²) in [5.74, 6) is 1.73. The van der Waals surface area contributed by atoms with Gasteiger partial charge in [-0.25, -0.2) is 0 Å². The van der Waals surface area contributed by atoms with Crippen LogP contribution in [0.25, 0.3) is 0 Å². The highest BCUT2D eigenvalue weighted by atomic mass is 14.9. The summed E-state index contributed by atoms with van der Waals surface area (Å²) < 4.78 is 0. The molecule has 0 spiro atoms. The summed E-state index contributed by atoms with van der Waals surface area (Å²) >= 11 is 0. The van der Waals surface area contributed by atoms with Gasteiger partial charge in [0, 0.05) is 6.04 Å². The normalized spacial score (nSPS) is 15.2. The molecule has 0 heterocycles. The van der Waals surface area contributed by atoms with Gasteiger partial charge in [-0.3, -0.25) is 0 Å². The summed E-state index contributed by atoms with van der Waals surface area (Å²) in [5.41, 5.74) is 0. The number of nitrogens with one attached hydrogen (secondary N) is 1. The van der Waals surface area contributed by atoms with Gasteiger partial charge in [-0.15, -0.1) is 0 Å². The molecule has 0 aromatic rings. The number of hydrogen-bond acceptors (Lipinski definition) is 1. The molecule has 17 heavy (non-hydrogen) atoms.